The molecular formula is C13H19F2N5. The summed E-state index contributed by atoms with van der Waals surface area (Å²) in [5, 5.41) is 11.5. The maximum atomic E-state index is 12.2. The molecule has 1 unspecified atom stereocenters. The highest BCUT2D eigenvalue weighted by molar-refractivity contribution is 5.33. The van der Waals surface area contributed by atoms with Gasteiger partial charge in [-0.05, 0) is 13.3 Å². The lowest BCUT2D eigenvalue weighted by atomic mass is 10.3. The van der Waals surface area contributed by atoms with Crippen LogP contribution in [0, 0.1) is 0 Å². The Hall–Kier alpha value is -1.92. The summed E-state index contributed by atoms with van der Waals surface area (Å²) in [6, 6.07) is 2.26. The van der Waals surface area contributed by atoms with E-state index in [2.05, 4.69) is 29.4 Å². The van der Waals surface area contributed by atoms with E-state index in [0.29, 0.717) is 12.6 Å². The summed E-state index contributed by atoms with van der Waals surface area (Å²) < 4.78 is 27.6. The second-order valence-electron chi connectivity index (χ2n) is 4.75. The van der Waals surface area contributed by atoms with Crippen molar-refractivity contribution in [2.24, 2.45) is 0 Å². The number of alkyl halides is 2. The molecule has 2 rings (SSSR count). The molecule has 0 bridgehead atoms. The number of nitrogens with one attached hydrogen (secondary N) is 1. The van der Waals surface area contributed by atoms with Crippen molar-refractivity contribution in [2.75, 3.05) is 5.32 Å². The highest BCUT2D eigenvalue weighted by atomic mass is 19.3. The molecule has 7 heteroatoms. The van der Waals surface area contributed by atoms with Crippen molar-refractivity contribution in [2.45, 2.75) is 45.8 Å². The van der Waals surface area contributed by atoms with Crippen molar-refractivity contribution < 1.29 is 8.78 Å². The number of aromatic nitrogens is 4. The van der Waals surface area contributed by atoms with Gasteiger partial charge in [0.2, 0.25) is 0 Å². The van der Waals surface area contributed by atoms with Crippen LogP contribution in [0.4, 0.5) is 14.6 Å². The summed E-state index contributed by atoms with van der Waals surface area (Å²) in [5.74, 6) is 0.770. The van der Waals surface area contributed by atoms with Gasteiger partial charge in [-0.1, -0.05) is 6.92 Å². The van der Waals surface area contributed by atoms with Crippen LogP contribution in [0.3, 0.4) is 0 Å². The fourth-order valence-electron chi connectivity index (χ4n) is 1.80. The monoisotopic (exact) mass is 283 g/mol. The second kappa shape index (κ2) is 6.49. The largest absolute Gasteiger partial charge is 0.364 e. The first-order chi connectivity index (χ1) is 9.58. The van der Waals surface area contributed by atoms with Gasteiger partial charge >= 0.3 is 0 Å². The van der Waals surface area contributed by atoms with E-state index >= 15 is 0 Å². The molecule has 0 aromatic carbocycles. The summed E-state index contributed by atoms with van der Waals surface area (Å²) in [6.45, 7) is 4.35. The van der Waals surface area contributed by atoms with Gasteiger partial charge in [-0.3, -0.25) is 9.36 Å². The average Bonchev–Trinajstić information content (AvgIpc) is 3.04. The molecule has 0 aliphatic heterocycles. The van der Waals surface area contributed by atoms with Crippen molar-refractivity contribution in [1.29, 1.82) is 0 Å². The van der Waals surface area contributed by atoms with Crippen LogP contribution in [0.1, 0.15) is 31.9 Å². The highest BCUT2D eigenvalue weighted by Gasteiger charge is 2.07. The van der Waals surface area contributed by atoms with Crippen LogP contribution in [-0.2, 0) is 13.1 Å². The number of hydrogen-bond donors (Lipinski definition) is 1. The SMILES string of the molecule is CCC(C)n1ccc(NCc2cnn(CC(F)F)c2)n1. The zero-order valence-electron chi connectivity index (χ0n) is 11.6. The molecule has 0 fully saturated rings. The first-order valence-corrected chi connectivity index (χ1v) is 6.67. The topological polar surface area (TPSA) is 47.7 Å². The minimum atomic E-state index is -2.39. The average molecular weight is 283 g/mol. The number of rotatable bonds is 7. The Bertz CT molecular complexity index is 534. The lowest BCUT2D eigenvalue weighted by molar-refractivity contribution is 0.122. The van der Waals surface area contributed by atoms with Crippen LogP contribution >= 0.6 is 0 Å². The number of hydrogen-bond acceptors (Lipinski definition) is 3. The van der Waals surface area contributed by atoms with Crippen LogP contribution in [0.15, 0.2) is 24.7 Å². The summed E-state index contributed by atoms with van der Waals surface area (Å²) in [5.41, 5.74) is 0.851. The summed E-state index contributed by atoms with van der Waals surface area (Å²) in [6.07, 6.45) is 3.76. The Labute approximate surface area is 116 Å². The lowest BCUT2D eigenvalue weighted by Gasteiger charge is -2.08. The molecule has 1 N–H and O–H groups in total. The predicted octanol–water partition coefficient (Wildman–Crippen LogP) is 2.93. The van der Waals surface area contributed by atoms with Gasteiger partial charge in [0.05, 0.1) is 6.20 Å². The van der Waals surface area contributed by atoms with Gasteiger partial charge in [0.25, 0.3) is 6.43 Å². The lowest BCUT2D eigenvalue weighted by Crippen LogP contribution is -2.07. The quantitative estimate of drug-likeness (QED) is 0.850. The number of halogens is 2. The Morgan fingerprint density at radius 1 is 1.40 bits per heavy atom. The van der Waals surface area contributed by atoms with Gasteiger partial charge in [0, 0.05) is 36.6 Å². The maximum absolute atomic E-state index is 12.2. The van der Waals surface area contributed by atoms with Crippen molar-refractivity contribution in [3.63, 3.8) is 0 Å². The van der Waals surface area contributed by atoms with Crippen molar-refractivity contribution in [3.8, 4) is 0 Å². The number of anilines is 1. The number of nitrogens with zero attached hydrogens (tertiary/aromatic N) is 4. The summed E-state index contributed by atoms with van der Waals surface area (Å²) >= 11 is 0. The van der Waals surface area contributed by atoms with Crippen LogP contribution < -0.4 is 5.32 Å². The molecule has 0 saturated carbocycles. The van der Waals surface area contributed by atoms with Crippen LogP contribution in [0.2, 0.25) is 0 Å². The van der Waals surface area contributed by atoms with E-state index in [1.165, 1.54) is 4.68 Å². The van der Waals surface area contributed by atoms with Gasteiger partial charge < -0.3 is 5.32 Å². The van der Waals surface area contributed by atoms with Gasteiger partial charge in [0.15, 0.2) is 0 Å². The van der Waals surface area contributed by atoms with E-state index in [1.807, 2.05) is 16.9 Å². The van der Waals surface area contributed by atoms with Crippen LogP contribution in [0.5, 0.6) is 0 Å². The zero-order valence-corrected chi connectivity index (χ0v) is 11.6. The molecule has 20 heavy (non-hydrogen) atoms. The maximum Gasteiger partial charge on any atom is 0.257 e. The molecule has 5 nitrogen and oxygen atoms in total. The second-order valence-corrected chi connectivity index (χ2v) is 4.75. The van der Waals surface area contributed by atoms with Crippen molar-refractivity contribution >= 4 is 5.82 Å². The third-order valence-electron chi connectivity index (χ3n) is 3.14. The molecule has 2 aromatic rings. The van der Waals surface area contributed by atoms with E-state index in [4.69, 9.17) is 0 Å². The molecule has 0 saturated heterocycles. The molecule has 1 atom stereocenters. The molecule has 110 valence electrons. The third kappa shape index (κ3) is 3.79. The van der Waals surface area contributed by atoms with E-state index in [0.717, 1.165) is 17.8 Å². The van der Waals surface area contributed by atoms with E-state index in [-0.39, 0.29) is 6.54 Å². The Balaban J connectivity index is 1.88. The molecule has 0 amide bonds. The van der Waals surface area contributed by atoms with Crippen molar-refractivity contribution in [3.05, 3.63) is 30.2 Å². The molecule has 0 aliphatic carbocycles. The molecule has 2 heterocycles. The Kier molecular flexibility index (Phi) is 4.70. The molecule has 2 aromatic heterocycles. The molecule has 0 radical (unpaired) electrons. The normalized spacial score (nSPS) is 12.8. The summed E-state index contributed by atoms with van der Waals surface area (Å²) in [4.78, 5) is 0. The van der Waals surface area contributed by atoms with Gasteiger partial charge in [-0.25, -0.2) is 8.78 Å². The van der Waals surface area contributed by atoms with Crippen molar-refractivity contribution in [1.82, 2.24) is 19.6 Å². The Morgan fingerprint density at radius 2 is 2.20 bits per heavy atom. The standard InChI is InChI=1S/C13H19F2N5/c1-3-10(2)20-5-4-13(18-20)16-6-11-7-17-19(8-11)9-12(14)15/h4-5,7-8,10,12H,3,6,9H2,1-2H3,(H,16,18). The Morgan fingerprint density at radius 3 is 2.90 bits per heavy atom. The first-order valence-electron chi connectivity index (χ1n) is 6.67. The van der Waals surface area contributed by atoms with Gasteiger partial charge in [-0.2, -0.15) is 10.2 Å². The van der Waals surface area contributed by atoms with E-state index in [9.17, 15) is 8.78 Å². The predicted molar refractivity (Wildman–Crippen MR) is 72.8 cm³/mol. The van der Waals surface area contributed by atoms with Gasteiger partial charge in [0.1, 0.15) is 12.4 Å². The van der Waals surface area contributed by atoms with Crippen LogP contribution in [0.25, 0.3) is 0 Å². The van der Waals surface area contributed by atoms with Crippen LogP contribution in [-0.4, -0.2) is 26.0 Å². The zero-order chi connectivity index (χ0) is 14.5. The third-order valence-corrected chi connectivity index (χ3v) is 3.14. The fourth-order valence-corrected chi connectivity index (χ4v) is 1.80. The minimum Gasteiger partial charge on any atom is -0.364 e. The highest BCUT2D eigenvalue weighted by Crippen LogP contribution is 2.12. The summed E-state index contributed by atoms with van der Waals surface area (Å²) in [7, 11) is 0. The first kappa shape index (κ1) is 14.5. The van der Waals surface area contributed by atoms with Gasteiger partial charge in [-0.15, -0.1) is 0 Å². The molecule has 0 aliphatic rings. The molecule has 0 spiro atoms. The van der Waals surface area contributed by atoms with E-state index < -0.39 is 6.43 Å². The fraction of sp³-hybridized carbons (Fsp3) is 0.538. The van der Waals surface area contributed by atoms with E-state index in [1.54, 1.807) is 12.4 Å². The minimum absolute atomic E-state index is 0.361. The molecular weight excluding hydrogens is 264 g/mol. The smallest absolute Gasteiger partial charge is 0.257 e.